The lowest BCUT2D eigenvalue weighted by atomic mass is 9.84. The second kappa shape index (κ2) is 7.06. The molecule has 1 aromatic heterocycles. The summed E-state index contributed by atoms with van der Waals surface area (Å²) in [4.78, 5) is 6.65. The second-order valence-corrected chi connectivity index (χ2v) is 6.97. The van der Waals surface area contributed by atoms with Crippen LogP contribution < -0.4 is 5.32 Å². The molecule has 0 spiro atoms. The first-order valence-corrected chi connectivity index (χ1v) is 8.60. The smallest absolute Gasteiger partial charge is 0.223 e. The second-order valence-electron chi connectivity index (χ2n) is 6.97. The third-order valence-corrected chi connectivity index (χ3v) is 4.94. The molecular formula is C16H28N4O2. The molecule has 1 aliphatic heterocycles. The van der Waals surface area contributed by atoms with Gasteiger partial charge in [-0.2, -0.15) is 4.98 Å². The number of hydrogen-bond acceptors (Lipinski definition) is 6. The minimum atomic E-state index is -0.481. The zero-order valence-electron chi connectivity index (χ0n) is 13.6. The number of hydrogen-bond donors (Lipinski definition) is 2. The Balaban J connectivity index is 1.46. The summed E-state index contributed by atoms with van der Waals surface area (Å²) in [7, 11) is 0. The Hall–Kier alpha value is -0.980. The number of aliphatic hydroxyl groups is 1. The van der Waals surface area contributed by atoms with Gasteiger partial charge in [-0.25, -0.2) is 0 Å². The highest BCUT2D eigenvalue weighted by molar-refractivity contribution is 4.89. The van der Waals surface area contributed by atoms with E-state index in [0.717, 1.165) is 57.7 Å². The molecular weight excluding hydrogens is 280 g/mol. The molecule has 0 amide bonds. The molecule has 2 fully saturated rings. The lowest BCUT2D eigenvalue weighted by Gasteiger charge is -2.37. The maximum absolute atomic E-state index is 10.6. The van der Waals surface area contributed by atoms with Gasteiger partial charge in [0.1, 0.15) is 0 Å². The highest BCUT2D eigenvalue weighted by Crippen LogP contribution is 2.27. The number of piperidine rings is 1. The lowest BCUT2D eigenvalue weighted by Crippen LogP contribution is -2.51. The summed E-state index contributed by atoms with van der Waals surface area (Å²) in [5.41, 5.74) is -0.481. The highest BCUT2D eigenvalue weighted by atomic mass is 16.5. The Morgan fingerprint density at radius 3 is 2.86 bits per heavy atom. The van der Waals surface area contributed by atoms with Crippen molar-refractivity contribution >= 4 is 0 Å². The minimum absolute atomic E-state index is 0.452. The van der Waals surface area contributed by atoms with Crippen LogP contribution in [0.5, 0.6) is 0 Å². The quantitative estimate of drug-likeness (QED) is 0.861. The van der Waals surface area contributed by atoms with Crippen LogP contribution in [0.15, 0.2) is 4.52 Å². The summed E-state index contributed by atoms with van der Waals surface area (Å²) in [5.74, 6) is 1.39. The van der Waals surface area contributed by atoms with Crippen molar-refractivity contribution in [3.63, 3.8) is 0 Å². The Morgan fingerprint density at radius 2 is 2.14 bits per heavy atom. The first kappa shape index (κ1) is 15.9. The third kappa shape index (κ3) is 4.27. The van der Waals surface area contributed by atoms with Gasteiger partial charge in [-0.05, 0) is 32.2 Å². The van der Waals surface area contributed by atoms with Crippen LogP contribution in [0.1, 0.15) is 56.7 Å². The summed E-state index contributed by atoms with van der Waals surface area (Å²) < 4.78 is 5.04. The minimum Gasteiger partial charge on any atom is -0.389 e. The zero-order valence-corrected chi connectivity index (χ0v) is 13.6. The Morgan fingerprint density at radius 1 is 1.32 bits per heavy atom. The Kier molecular flexibility index (Phi) is 5.10. The van der Waals surface area contributed by atoms with E-state index in [4.69, 9.17) is 4.52 Å². The molecule has 2 aliphatic rings. The van der Waals surface area contributed by atoms with Crippen molar-refractivity contribution in [3.8, 4) is 0 Å². The van der Waals surface area contributed by atoms with Crippen LogP contribution in [0.3, 0.4) is 0 Å². The Bertz CT molecular complexity index is 470. The monoisotopic (exact) mass is 308 g/mol. The molecule has 2 heterocycles. The standard InChI is InChI=1S/C16H28N4O2/c1-13-18-15(19-22-13)11-20-9-5-6-14(10-20)17-12-16(21)7-3-2-4-8-16/h14,17,21H,2-12H2,1H3/t14-/m0/s1. The number of likely N-dealkylation sites (tertiary alicyclic amines) is 1. The maximum atomic E-state index is 10.6. The van der Waals surface area contributed by atoms with E-state index in [9.17, 15) is 5.11 Å². The van der Waals surface area contributed by atoms with Crippen molar-refractivity contribution < 1.29 is 9.63 Å². The van der Waals surface area contributed by atoms with Gasteiger partial charge >= 0.3 is 0 Å². The molecule has 0 unspecified atom stereocenters. The summed E-state index contributed by atoms with van der Waals surface area (Å²) in [6.45, 7) is 5.37. The lowest BCUT2D eigenvalue weighted by molar-refractivity contribution is 0.0000879. The topological polar surface area (TPSA) is 74.4 Å². The molecule has 0 radical (unpaired) electrons. The van der Waals surface area contributed by atoms with Gasteiger partial charge in [-0.15, -0.1) is 0 Å². The molecule has 0 aromatic carbocycles. The van der Waals surface area contributed by atoms with Crippen LogP contribution in [-0.4, -0.2) is 51.4 Å². The summed E-state index contributed by atoms with van der Waals surface area (Å²) in [6.07, 6.45) is 7.82. The molecule has 6 nitrogen and oxygen atoms in total. The fraction of sp³-hybridized carbons (Fsp3) is 0.875. The first-order chi connectivity index (χ1) is 10.6. The molecule has 6 heteroatoms. The van der Waals surface area contributed by atoms with Crippen molar-refractivity contribution in [1.29, 1.82) is 0 Å². The zero-order chi connectivity index (χ0) is 15.4. The number of rotatable bonds is 5. The normalized spacial score (nSPS) is 26.2. The molecule has 3 rings (SSSR count). The van der Waals surface area contributed by atoms with Gasteiger partial charge in [0.05, 0.1) is 12.1 Å². The van der Waals surface area contributed by atoms with Gasteiger partial charge in [-0.3, -0.25) is 4.90 Å². The van der Waals surface area contributed by atoms with E-state index in [1.54, 1.807) is 0 Å². The average Bonchev–Trinajstić information content (AvgIpc) is 2.92. The predicted octanol–water partition coefficient (Wildman–Crippen LogP) is 1.63. The van der Waals surface area contributed by atoms with E-state index in [2.05, 4.69) is 20.4 Å². The van der Waals surface area contributed by atoms with Crippen LogP contribution in [0.4, 0.5) is 0 Å². The summed E-state index contributed by atoms with van der Waals surface area (Å²) in [6, 6.07) is 0.452. The molecule has 22 heavy (non-hydrogen) atoms. The highest BCUT2D eigenvalue weighted by Gasteiger charge is 2.30. The van der Waals surface area contributed by atoms with Crippen LogP contribution in [0.2, 0.25) is 0 Å². The number of nitrogens with zero attached hydrogens (tertiary/aromatic N) is 3. The van der Waals surface area contributed by atoms with Crippen molar-refractivity contribution in [1.82, 2.24) is 20.4 Å². The average molecular weight is 308 g/mol. The van der Waals surface area contributed by atoms with E-state index in [1.807, 2.05) is 6.92 Å². The van der Waals surface area contributed by atoms with Crippen molar-refractivity contribution in [3.05, 3.63) is 11.7 Å². The SMILES string of the molecule is Cc1nc(CN2CCC[C@H](NCC3(O)CCCCC3)C2)no1. The largest absolute Gasteiger partial charge is 0.389 e. The van der Waals surface area contributed by atoms with Gasteiger partial charge in [0.2, 0.25) is 5.89 Å². The molecule has 1 aliphatic carbocycles. The van der Waals surface area contributed by atoms with Gasteiger partial charge in [0.25, 0.3) is 0 Å². The van der Waals surface area contributed by atoms with E-state index >= 15 is 0 Å². The van der Waals surface area contributed by atoms with Crippen LogP contribution in [0, 0.1) is 6.92 Å². The molecule has 1 atom stereocenters. The fourth-order valence-corrected chi connectivity index (χ4v) is 3.69. The van der Waals surface area contributed by atoms with Crippen LogP contribution in [0.25, 0.3) is 0 Å². The molecule has 124 valence electrons. The molecule has 1 saturated heterocycles. The van der Waals surface area contributed by atoms with E-state index in [0.29, 0.717) is 11.9 Å². The maximum Gasteiger partial charge on any atom is 0.223 e. The summed E-state index contributed by atoms with van der Waals surface area (Å²) >= 11 is 0. The molecule has 2 N–H and O–H groups in total. The molecule has 1 saturated carbocycles. The van der Waals surface area contributed by atoms with Gasteiger partial charge < -0.3 is 14.9 Å². The Labute approximate surface area is 132 Å². The molecule has 0 bridgehead atoms. The number of aromatic nitrogens is 2. The first-order valence-electron chi connectivity index (χ1n) is 8.60. The molecule has 1 aromatic rings. The third-order valence-electron chi connectivity index (χ3n) is 4.94. The fourth-order valence-electron chi connectivity index (χ4n) is 3.69. The van der Waals surface area contributed by atoms with Crippen LogP contribution >= 0.6 is 0 Å². The van der Waals surface area contributed by atoms with Crippen molar-refractivity contribution in [2.75, 3.05) is 19.6 Å². The predicted molar refractivity (Wildman–Crippen MR) is 83.4 cm³/mol. The van der Waals surface area contributed by atoms with Gasteiger partial charge in [0, 0.05) is 26.1 Å². The van der Waals surface area contributed by atoms with Gasteiger partial charge in [0.15, 0.2) is 5.82 Å². The number of nitrogens with one attached hydrogen (secondary N) is 1. The summed E-state index contributed by atoms with van der Waals surface area (Å²) in [5, 5.41) is 18.2. The van der Waals surface area contributed by atoms with Crippen molar-refractivity contribution in [2.45, 2.75) is 70.1 Å². The van der Waals surface area contributed by atoms with Crippen molar-refractivity contribution in [2.24, 2.45) is 0 Å². The van der Waals surface area contributed by atoms with Crippen LogP contribution in [-0.2, 0) is 6.54 Å². The van der Waals surface area contributed by atoms with E-state index in [-0.39, 0.29) is 0 Å². The van der Waals surface area contributed by atoms with E-state index < -0.39 is 5.60 Å². The number of aryl methyl sites for hydroxylation is 1. The van der Waals surface area contributed by atoms with Gasteiger partial charge in [-0.1, -0.05) is 24.4 Å². The van der Waals surface area contributed by atoms with E-state index in [1.165, 1.54) is 19.3 Å².